The van der Waals surface area contributed by atoms with Gasteiger partial charge in [0.15, 0.2) is 0 Å². The van der Waals surface area contributed by atoms with Gasteiger partial charge in [-0.15, -0.1) is 11.3 Å². The molecule has 0 bridgehead atoms. The minimum atomic E-state index is -0.260. The molecule has 0 aliphatic carbocycles. The van der Waals surface area contributed by atoms with Crippen molar-refractivity contribution in [2.45, 2.75) is 19.9 Å². The molecule has 6 heteroatoms. The van der Waals surface area contributed by atoms with Gasteiger partial charge in [-0.3, -0.25) is 4.79 Å². The maximum Gasteiger partial charge on any atom is 0.256 e. The molecule has 2 rings (SSSR count). The third-order valence-corrected chi connectivity index (χ3v) is 3.66. The first-order valence-electron chi connectivity index (χ1n) is 5.04. The van der Waals surface area contributed by atoms with Crippen LogP contribution in [0.5, 0.6) is 0 Å². The summed E-state index contributed by atoms with van der Waals surface area (Å²) in [7, 11) is 0. The molecule has 17 heavy (non-hydrogen) atoms. The first-order valence-corrected chi connectivity index (χ1v) is 6.29. The molecule has 0 fully saturated rings. The highest BCUT2D eigenvalue weighted by atomic mass is 35.5. The van der Waals surface area contributed by atoms with Crippen LogP contribution in [0.4, 0.5) is 0 Å². The zero-order chi connectivity index (χ0) is 12.4. The number of hydrogen-bond donors (Lipinski definition) is 1. The van der Waals surface area contributed by atoms with Gasteiger partial charge in [0.05, 0.1) is 17.9 Å². The monoisotopic (exact) mass is 270 g/mol. The number of nitrogens with one attached hydrogen (secondary N) is 1. The molecule has 1 unspecified atom stereocenters. The lowest BCUT2D eigenvalue weighted by Gasteiger charge is -2.10. The molecule has 0 spiro atoms. The number of thiazole rings is 1. The second kappa shape index (κ2) is 4.89. The summed E-state index contributed by atoms with van der Waals surface area (Å²) >= 11 is 7.25. The summed E-state index contributed by atoms with van der Waals surface area (Å²) in [6.45, 7) is 3.80. The van der Waals surface area contributed by atoms with Gasteiger partial charge < -0.3 is 9.73 Å². The molecule has 4 nitrogen and oxygen atoms in total. The second-order valence-corrected chi connectivity index (χ2v) is 4.86. The Bertz CT molecular complexity index is 535. The lowest BCUT2D eigenvalue weighted by molar-refractivity contribution is 0.0939. The number of aromatic nitrogens is 1. The predicted octanol–water partition coefficient (Wildman–Crippen LogP) is 3.19. The SMILES string of the molecule is Cc1csc(C(C)NC(=O)c2ccoc2Cl)n1. The van der Waals surface area contributed by atoms with E-state index in [9.17, 15) is 4.79 Å². The Balaban J connectivity index is 2.07. The number of hydrogen-bond acceptors (Lipinski definition) is 4. The van der Waals surface area contributed by atoms with Crippen LogP contribution >= 0.6 is 22.9 Å². The van der Waals surface area contributed by atoms with Crippen LogP contribution in [-0.2, 0) is 0 Å². The molecule has 0 saturated heterocycles. The standard InChI is InChI=1S/C11H11ClN2O2S/c1-6-5-17-11(13-6)7(2)14-10(15)8-3-4-16-9(8)12/h3-5,7H,1-2H3,(H,14,15). The third-order valence-electron chi connectivity index (χ3n) is 2.22. The minimum absolute atomic E-state index is 0.102. The van der Waals surface area contributed by atoms with Gasteiger partial charge in [-0.2, -0.15) is 0 Å². The van der Waals surface area contributed by atoms with Crippen molar-refractivity contribution in [3.05, 3.63) is 39.2 Å². The topological polar surface area (TPSA) is 55.1 Å². The molecule has 0 saturated carbocycles. The molecular weight excluding hydrogens is 260 g/mol. The maximum absolute atomic E-state index is 11.8. The van der Waals surface area contributed by atoms with Crippen LogP contribution in [0.25, 0.3) is 0 Å². The van der Waals surface area contributed by atoms with Gasteiger partial charge in [-0.25, -0.2) is 4.98 Å². The largest absolute Gasteiger partial charge is 0.452 e. The Morgan fingerprint density at radius 2 is 2.41 bits per heavy atom. The van der Waals surface area contributed by atoms with Gasteiger partial charge in [-0.05, 0) is 31.5 Å². The van der Waals surface area contributed by atoms with Crippen LogP contribution in [-0.4, -0.2) is 10.9 Å². The van der Waals surface area contributed by atoms with Crippen LogP contribution in [0.3, 0.4) is 0 Å². The summed E-state index contributed by atoms with van der Waals surface area (Å²) in [4.78, 5) is 16.2. The van der Waals surface area contributed by atoms with E-state index >= 15 is 0 Å². The van der Waals surface area contributed by atoms with E-state index in [-0.39, 0.29) is 17.2 Å². The molecule has 0 aliphatic rings. The van der Waals surface area contributed by atoms with E-state index in [1.165, 1.54) is 23.7 Å². The number of furan rings is 1. The predicted molar refractivity (Wildman–Crippen MR) is 66.5 cm³/mol. The average molecular weight is 271 g/mol. The van der Waals surface area contributed by atoms with Crippen molar-refractivity contribution in [1.82, 2.24) is 10.3 Å². The Hall–Kier alpha value is -1.33. The first kappa shape index (κ1) is 12.1. The van der Waals surface area contributed by atoms with E-state index in [1.807, 2.05) is 19.2 Å². The third kappa shape index (κ3) is 2.68. The average Bonchev–Trinajstić information content (AvgIpc) is 2.86. The van der Waals surface area contributed by atoms with Crippen molar-refractivity contribution >= 4 is 28.8 Å². The summed E-state index contributed by atoms with van der Waals surface area (Å²) in [5.41, 5.74) is 1.29. The van der Waals surface area contributed by atoms with Gasteiger partial charge in [0.2, 0.25) is 5.22 Å². The number of carbonyl (C=O) groups excluding carboxylic acids is 1. The van der Waals surface area contributed by atoms with Crippen molar-refractivity contribution in [3.63, 3.8) is 0 Å². The zero-order valence-electron chi connectivity index (χ0n) is 9.36. The summed E-state index contributed by atoms with van der Waals surface area (Å²) in [6.07, 6.45) is 1.38. The van der Waals surface area contributed by atoms with E-state index in [2.05, 4.69) is 10.3 Å². The number of halogens is 1. The van der Waals surface area contributed by atoms with Crippen LogP contribution < -0.4 is 5.32 Å². The number of nitrogens with zero attached hydrogens (tertiary/aromatic N) is 1. The maximum atomic E-state index is 11.8. The quantitative estimate of drug-likeness (QED) is 0.932. The molecule has 0 aliphatic heterocycles. The molecule has 2 heterocycles. The van der Waals surface area contributed by atoms with E-state index < -0.39 is 0 Å². The molecule has 2 aromatic heterocycles. The van der Waals surface area contributed by atoms with Crippen LogP contribution in [0, 0.1) is 6.92 Å². The van der Waals surface area contributed by atoms with Crippen LogP contribution in [0.1, 0.15) is 34.0 Å². The number of rotatable bonds is 3. The van der Waals surface area contributed by atoms with Crippen LogP contribution in [0.15, 0.2) is 22.1 Å². The lowest BCUT2D eigenvalue weighted by atomic mass is 10.3. The van der Waals surface area contributed by atoms with Crippen molar-refractivity contribution in [1.29, 1.82) is 0 Å². The molecule has 0 aromatic carbocycles. The molecule has 90 valence electrons. The fraction of sp³-hybridized carbons (Fsp3) is 0.273. The van der Waals surface area contributed by atoms with Gasteiger partial charge in [-0.1, -0.05) is 0 Å². The second-order valence-electron chi connectivity index (χ2n) is 3.63. The van der Waals surface area contributed by atoms with Crippen molar-refractivity contribution < 1.29 is 9.21 Å². The fourth-order valence-electron chi connectivity index (χ4n) is 1.36. The Labute approximate surface area is 108 Å². The summed E-state index contributed by atoms with van der Waals surface area (Å²) < 4.78 is 4.87. The van der Waals surface area contributed by atoms with Crippen molar-refractivity contribution in [2.24, 2.45) is 0 Å². The highest BCUT2D eigenvalue weighted by molar-refractivity contribution is 7.09. The van der Waals surface area contributed by atoms with Gasteiger partial charge in [0, 0.05) is 11.1 Å². The lowest BCUT2D eigenvalue weighted by Crippen LogP contribution is -2.26. The van der Waals surface area contributed by atoms with E-state index in [4.69, 9.17) is 16.0 Å². The van der Waals surface area contributed by atoms with Crippen LogP contribution in [0.2, 0.25) is 5.22 Å². The molecular formula is C11H11ClN2O2S. The molecule has 0 radical (unpaired) electrons. The Morgan fingerprint density at radius 1 is 1.65 bits per heavy atom. The summed E-state index contributed by atoms with van der Waals surface area (Å²) in [5.74, 6) is -0.260. The van der Waals surface area contributed by atoms with Crippen molar-refractivity contribution in [2.75, 3.05) is 0 Å². The fourth-order valence-corrected chi connectivity index (χ4v) is 2.37. The minimum Gasteiger partial charge on any atom is -0.452 e. The smallest absolute Gasteiger partial charge is 0.256 e. The van der Waals surface area contributed by atoms with Crippen molar-refractivity contribution in [3.8, 4) is 0 Å². The summed E-state index contributed by atoms with van der Waals surface area (Å²) in [6, 6.07) is 1.39. The first-order chi connectivity index (χ1) is 8.08. The van der Waals surface area contributed by atoms with Gasteiger partial charge in [0.25, 0.3) is 5.91 Å². The molecule has 1 atom stereocenters. The van der Waals surface area contributed by atoms with Gasteiger partial charge >= 0.3 is 0 Å². The molecule has 1 amide bonds. The highest BCUT2D eigenvalue weighted by Gasteiger charge is 2.17. The number of carbonyl (C=O) groups is 1. The normalized spacial score (nSPS) is 12.4. The Morgan fingerprint density at radius 3 is 2.94 bits per heavy atom. The highest BCUT2D eigenvalue weighted by Crippen LogP contribution is 2.20. The molecule has 2 aromatic rings. The zero-order valence-corrected chi connectivity index (χ0v) is 10.9. The number of aryl methyl sites for hydroxylation is 1. The summed E-state index contributed by atoms with van der Waals surface area (Å²) in [5, 5.41) is 5.74. The van der Waals surface area contributed by atoms with E-state index in [0.29, 0.717) is 5.56 Å². The molecule has 1 N–H and O–H groups in total. The Kier molecular flexibility index (Phi) is 3.49. The van der Waals surface area contributed by atoms with Gasteiger partial charge in [0.1, 0.15) is 5.01 Å². The number of amides is 1. The van der Waals surface area contributed by atoms with E-state index in [1.54, 1.807) is 0 Å². The van der Waals surface area contributed by atoms with E-state index in [0.717, 1.165) is 10.7 Å².